The molecular weight excluding hydrogens is 397 g/mol. The highest BCUT2D eigenvalue weighted by Gasteiger charge is 2.39. The summed E-state index contributed by atoms with van der Waals surface area (Å²) in [6.07, 6.45) is -0.300. The van der Waals surface area contributed by atoms with Crippen LogP contribution < -0.4 is 0 Å². The van der Waals surface area contributed by atoms with Crippen molar-refractivity contribution < 1.29 is 28.1 Å². The number of esters is 1. The molecule has 0 saturated carbocycles. The Morgan fingerprint density at radius 2 is 1.72 bits per heavy atom. The normalized spacial score (nSPS) is 12.3. The Balaban J connectivity index is 2.28. The van der Waals surface area contributed by atoms with Crippen LogP contribution in [0.5, 0.6) is 0 Å². The van der Waals surface area contributed by atoms with E-state index in [1.807, 2.05) is 30.3 Å². The molecule has 0 radical (unpaired) electrons. The highest BCUT2D eigenvalue weighted by molar-refractivity contribution is 7.54. The van der Waals surface area contributed by atoms with Crippen LogP contribution >= 0.6 is 7.60 Å². The first kappa shape index (κ1) is 22.7. The molecular formula is C20H24NO7P. The van der Waals surface area contributed by atoms with Crippen LogP contribution in [0, 0.1) is 10.1 Å². The number of nitro benzene ring substituents is 1. The lowest BCUT2D eigenvalue weighted by molar-refractivity contribution is -0.384. The molecule has 0 bridgehead atoms. The summed E-state index contributed by atoms with van der Waals surface area (Å²) < 4.78 is 29.5. The van der Waals surface area contributed by atoms with Crippen molar-refractivity contribution in [3.63, 3.8) is 0 Å². The van der Waals surface area contributed by atoms with Gasteiger partial charge in [-0.05, 0) is 25.0 Å². The number of carbonyl (C=O) groups excluding carboxylic acids is 1. The number of carbonyl (C=O) groups is 1. The van der Waals surface area contributed by atoms with Crippen molar-refractivity contribution in [3.05, 3.63) is 75.8 Å². The summed E-state index contributed by atoms with van der Waals surface area (Å²) in [5.74, 6) is -0.606. The summed E-state index contributed by atoms with van der Waals surface area (Å²) in [6, 6.07) is 14.8. The van der Waals surface area contributed by atoms with E-state index < -0.39 is 24.1 Å². The van der Waals surface area contributed by atoms with Crippen molar-refractivity contribution >= 4 is 19.3 Å². The van der Waals surface area contributed by atoms with Crippen LogP contribution in [0.25, 0.3) is 0 Å². The SMILES string of the molecule is CCOP(=O)(OCC)[C@H](CC(=O)OCc1ccccc1)c1cccc([N+](=O)[O-])c1. The number of nitro groups is 1. The molecule has 0 saturated heterocycles. The molecule has 9 heteroatoms. The number of non-ortho nitro benzene ring substituents is 1. The minimum atomic E-state index is -3.77. The molecule has 0 fully saturated rings. The largest absolute Gasteiger partial charge is 0.461 e. The first-order chi connectivity index (χ1) is 13.9. The van der Waals surface area contributed by atoms with Gasteiger partial charge in [0.1, 0.15) is 6.61 Å². The molecule has 0 aliphatic heterocycles. The average Bonchev–Trinajstić information content (AvgIpc) is 2.71. The maximum absolute atomic E-state index is 13.4. The molecule has 2 aromatic carbocycles. The van der Waals surface area contributed by atoms with Crippen molar-refractivity contribution in [2.75, 3.05) is 13.2 Å². The van der Waals surface area contributed by atoms with Gasteiger partial charge in [0.15, 0.2) is 0 Å². The molecule has 0 heterocycles. The minimum absolute atomic E-state index is 0.0644. The van der Waals surface area contributed by atoms with Gasteiger partial charge in [-0.25, -0.2) is 0 Å². The Bertz CT molecular complexity index is 862. The van der Waals surface area contributed by atoms with Crippen LogP contribution in [0.15, 0.2) is 54.6 Å². The molecule has 8 nitrogen and oxygen atoms in total. The van der Waals surface area contributed by atoms with Gasteiger partial charge >= 0.3 is 13.6 Å². The van der Waals surface area contributed by atoms with Crippen molar-refractivity contribution in [2.24, 2.45) is 0 Å². The second-order valence-electron chi connectivity index (χ2n) is 6.09. The lowest BCUT2D eigenvalue weighted by atomic mass is 10.1. The quantitative estimate of drug-likeness (QED) is 0.217. The molecule has 0 N–H and O–H groups in total. The van der Waals surface area contributed by atoms with E-state index in [2.05, 4.69) is 0 Å². The number of hydrogen-bond acceptors (Lipinski definition) is 7. The number of nitrogens with zero attached hydrogens (tertiary/aromatic N) is 1. The number of benzene rings is 2. The fraction of sp³-hybridized carbons (Fsp3) is 0.350. The van der Waals surface area contributed by atoms with Gasteiger partial charge in [-0.15, -0.1) is 0 Å². The van der Waals surface area contributed by atoms with E-state index >= 15 is 0 Å². The predicted molar refractivity (Wildman–Crippen MR) is 108 cm³/mol. The average molecular weight is 421 g/mol. The maximum Gasteiger partial charge on any atom is 0.338 e. The van der Waals surface area contributed by atoms with Gasteiger partial charge in [0.05, 0.1) is 30.2 Å². The van der Waals surface area contributed by atoms with E-state index in [0.717, 1.165) is 5.56 Å². The zero-order valence-electron chi connectivity index (χ0n) is 16.4. The third-order valence-corrected chi connectivity index (χ3v) is 6.55. The Kier molecular flexibility index (Phi) is 8.51. The van der Waals surface area contributed by atoms with E-state index in [4.69, 9.17) is 13.8 Å². The molecule has 0 spiro atoms. The Hall–Kier alpha value is -2.54. The highest BCUT2D eigenvalue weighted by atomic mass is 31.2. The van der Waals surface area contributed by atoms with E-state index in [-0.39, 0.29) is 31.9 Å². The van der Waals surface area contributed by atoms with Gasteiger partial charge in [-0.1, -0.05) is 42.5 Å². The molecule has 0 aliphatic rings. The standard InChI is InChI=1S/C20H24NO7P/c1-3-27-29(25,28-4-2)19(17-11-8-12-18(13-17)21(23)24)14-20(22)26-15-16-9-6-5-7-10-16/h5-13,19H,3-4,14-15H2,1-2H3/t19-/m1/s1. The lowest BCUT2D eigenvalue weighted by Crippen LogP contribution is -2.14. The van der Waals surface area contributed by atoms with Crippen LogP contribution in [0.2, 0.25) is 0 Å². The third kappa shape index (κ3) is 6.49. The van der Waals surface area contributed by atoms with Crippen molar-refractivity contribution in [2.45, 2.75) is 32.5 Å². The van der Waals surface area contributed by atoms with Crippen LogP contribution in [-0.2, 0) is 29.8 Å². The molecule has 2 aromatic rings. The number of ether oxygens (including phenoxy) is 1. The molecule has 0 unspecified atom stereocenters. The number of hydrogen-bond donors (Lipinski definition) is 0. The molecule has 1 atom stereocenters. The number of rotatable bonds is 11. The first-order valence-electron chi connectivity index (χ1n) is 9.22. The summed E-state index contributed by atoms with van der Waals surface area (Å²) in [4.78, 5) is 23.1. The fourth-order valence-corrected chi connectivity index (χ4v) is 4.84. The van der Waals surface area contributed by atoms with E-state index in [1.165, 1.54) is 18.2 Å². The first-order valence-corrected chi connectivity index (χ1v) is 10.8. The van der Waals surface area contributed by atoms with E-state index in [0.29, 0.717) is 5.56 Å². The Morgan fingerprint density at radius 1 is 1.07 bits per heavy atom. The van der Waals surface area contributed by atoms with Gasteiger partial charge in [0.2, 0.25) is 0 Å². The van der Waals surface area contributed by atoms with Crippen LogP contribution in [-0.4, -0.2) is 24.1 Å². The van der Waals surface area contributed by atoms with Gasteiger partial charge in [-0.2, -0.15) is 0 Å². The zero-order valence-corrected chi connectivity index (χ0v) is 17.2. The molecule has 2 rings (SSSR count). The minimum Gasteiger partial charge on any atom is -0.461 e. The summed E-state index contributed by atoms with van der Waals surface area (Å²) >= 11 is 0. The van der Waals surface area contributed by atoms with Gasteiger partial charge < -0.3 is 13.8 Å². The lowest BCUT2D eigenvalue weighted by Gasteiger charge is -2.26. The van der Waals surface area contributed by atoms with Crippen LogP contribution in [0.4, 0.5) is 5.69 Å². The van der Waals surface area contributed by atoms with E-state index in [1.54, 1.807) is 19.9 Å². The van der Waals surface area contributed by atoms with Crippen molar-refractivity contribution in [1.29, 1.82) is 0 Å². The highest BCUT2D eigenvalue weighted by Crippen LogP contribution is 2.62. The Morgan fingerprint density at radius 3 is 2.31 bits per heavy atom. The summed E-state index contributed by atoms with van der Waals surface area (Å²) in [5.41, 5.74) is -0.0677. The second-order valence-corrected chi connectivity index (χ2v) is 8.31. The van der Waals surface area contributed by atoms with Gasteiger partial charge in [-0.3, -0.25) is 19.5 Å². The topological polar surface area (TPSA) is 105 Å². The third-order valence-electron chi connectivity index (χ3n) is 4.07. The van der Waals surface area contributed by atoms with E-state index in [9.17, 15) is 19.5 Å². The van der Waals surface area contributed by atoms with Gasteiger partial charge in [0.25, 0.3) is 5.69 Å². The predicted octanol–water partition coefficient (Wildman–Crippen LogP) is 5.04. The fourth-order valence-electron chi connectivity index (χ4n) is 2.79. The molecule has 0 aromatic heterocycles. The van der Waals surface area contributed by atoms with Gasteiger partial charge in [0, 0.05) is 12.1 Å². The molecule has 0 aliphatic carbocycles. The second kappa shape index (κ2) is 10.9. The van der Waals surface area contributed by atoms with Crippen molar-refractivity contribution in [1.82, 2.24) is 0 Å². The molecule has 0 amide bonds. The molecule has 156 valence electrons. The smallest absolute Gasteiger partial charge is 0.338 e. The monoisotopic (exact) mass is 421 g/mol. The summed E-state index contributed by atoms with van der Waals surface area (Å²) in [5, 5.41) is 11.1. The van der Waals surface area contributed by atoms with Crippen LogP contribution in [0.3, 0.4) is 0 Å². The Labute approximate surface area is 169 Å². The summed E-state index contributed by atoms with van der Waals surface area (Å²) in [6.45, 7) is 3.58. The molecule has 29 heavy (non-hydrogen) atoms. The van der Waals surface area contributed by atoms with Crippen molar-refractivity contribution in [3.8, 4) is 0 Å². The summed E-state index contributed by atoms with van der Waals surface area (Å²) in [7, 11) is -3.77. The van der Waals surface area contributed by atoms with Crippen LogP contribution in [0.1, 0.15) is 37.1 Å². The zero-order chi connectivity index (χ0) is 21.3. The maximum atomic E-state index is 13.4.